The number of aromatic amines is 1. The van der Waals surface area contributed by atoms with E-state index in [0.29, 0.717) is 19.0 Å². The lowest BCUT2D eigenvalue weighted by molar-refractivity contribution is -0.140. The molecule has 1 amide bonds. The predicted molar refractivity (Wildman–Crippen MR) is 95.1 cm³/mol. The largest absolute Gasteiger partial charge is 0.491 e. The molecule has 9 heteroatoms. The standard InChI is InChI=1S/C19H19F3N2O4/c20-19(21,22)16-14(9-15(17(23)25)18(26)24-16)11-4-6-12(7-5-11)28-10-13-3-1-2-8-27-13/h4-7,9,13H,1-3,8,10H2,(H2,23,25)(H,24,26). The zero-order valence-electron chi connectivity index (χ0n) is 14.8. The minimum absolute atomic E-state index is 0.00239. The normalized spacial score (nSPS) is 17.3. The Hall–Kier alpha value is -2.81. The number of alkyl halides is 3. The van der Waals surface area contributed by atoms with Crippen LogP contribution in [0.5, 0.6) is 5.75 Å². The van der Waals surface area contributed by atoms with Crippen molar-refractivity contribution < 1.29 is 27.4 Å². The number of benzene rings is 1. The molecule has 2 aromatic rings. The van der Waals surface area contributed by atoms with E-state index in [1.54, 1.807) is 4.98 Å². The molecular weight excluding hydrogens is 377 g/mol. The molecule has 1 fully saturated rings. The van der Waals surface area contributed by atoms with Crippen molar-refractivity contribution in [1.82, 2.24) is 4.98 Å². The van der Waals surface area contributed by atoms with Crippen molar-refractivity contribution in [3.8, 4) is 16.9 Å². The lowest BCUT2D eigenvalue weighted by Crippen LogP contribution is -2.27. The molecule has 28 heavy (non-hydrogen) atoms. The smallest absolute Gasteiger partial charge is 0.431 e. The quantitative estimate of drug-likeness (QED) is 0.812. The molecule has 1 aliphatic rings. The minimum Gasteiger partial charge on any atom is -0.491 e. The van der Waals surface area contributed by atoms with Crippen molar-refractivity contribution in [2.45, 2.75) is 31.5 Å². The monoisotopic (exact) mass is 396 g/mol. The van der Waals surface area contributed by atoms with Crippen LogP contribution in [0.2, 0.25) is 0 Å². The minimum atomic E-state index is -4.81. The zero-order chi connectivity index (χ0) is 20.3. The molecule has 1 aromatic carbocycles. The van der Waals surface area contributed by atoms with E-state index in [0.717, 1.165) is 25.3 Å². The Kier molecular flexibility index (Phi) is 5.73. The first-order chi connectivity index (χ1) is 13.3. The van der Waals surface area contributed by atoms with Gasteiger partial charge in [-0.3, -0.25) is 9.59 Å². The summed E-state index contributed by atoms with van der Waals surface area (Å²) in [4.78, 5) is 24.8. The maximum atomic E-state index is 13.3. The Morgan fingerprint density at radius 2 is 1.96 bits per heavy atom. The van der Waals surface area contributed by atoms with Crippen LogP contribution in [0.3, 0.4) is 0 Å². The molecule has 6 nitrogen and oxygen atoms in total. The first kappa shape index (κ1) is 19.9. The molecule has 1 unspecified atom stereocenters. The summed E-state index contributed by atoms with van der Waals surface area (Å²) in [6, 6.07) is 6.74. The molecule has 0 radical (unpaired) electrons. The predicted octanol–water partition coefficient (Wildman–Crippen LogP) is 3.11. The fourth-order valence-corrected chi connectivity index (χ4v) is 3.02. The molecule has 1 aromatic heterocycles. The third-order valence-electron chi connectivity index (χ3n) is 4.47. The highest BCUT2D eigenvalue weighted by molar-refractivity contribution is 5.93. The second-order valence-corrected chi connectivity index (χ2v) is 6.49. The number of hydrogen-bond donors (Lipinski definition) is 2. The van der Waals surface area contributed by atoms with Crippen molar-refractivity contribution in [2.75, 3.05) is 13.2 Å². The summed E-state index contributed by atoms with van der Waals surface area (Å²) in [5.74, 6) is -0.630. The fourth-order valence-electron chi connectivity index (χ4n) is 3.02. The van der Waals surface area contributed by atoms with E-state index in [1.807, 2.05) is 0 Å². The number of halogens is 3. The van der Waals surface area contributed by atoms with E-state index in [4.69, 9.17) is 15.2 Å². The van der Waals surface area contributed by atoms with Gasteiger partial charge in [0, 0.05) is 12.2 Å². The van der Waals surface area contributed by atoms with Crippen LogP contribution in [0, 0.1) is 0 Å². The average molecular weight is 396 g/mol. The summed E-state index contributed by atoms with van der Waals surface area (Å²) >= 11 is 0. The number of ether oxygens (including phenoxy) is 2. The number of hydrogen-bond acceptors (Lipinski definition) is 4. The van der Waals surface area contributed by atoms with Gasteiger partial charge in [-0.05, 0) is 43.0 Å². The van der Waals surface area contributed by atoms with Gasteiger partial charge in [0.15, 0.2) is 0 Å². The zero-order valence-corrected chi connectivity index (χ0v) is 14.8. The first-order valence-corrected chi connectivity index (χ1v) is 8.75. The molecule has 3 rings (SSSR count). The fraction of sp³-hybridized carbons (Fsp3) is 0.368. The van der Waals surface area contributed by atoms with Crippen LogP contribution >= 0.6 is 0 Å². The van der Waals surface area contributed by atoms with Crippen molar-refractivity contribution in [3.63, 3.8) is 0 Å². The van der Waals surface area contributed by atoms with Crippen molar-refractivity contribution in [1.29, 1.82) is 0 Å². The summed E-state index contributed by atoms with van der Waals surface area (Å²) in [5.41, 5.74) is 1.93. The van der Waals surface area contributed by atoms with Gasteiger partial charge in [-0.1, -0.05) is 12.1 Å². The molecule has 2 heterocycles. The second kappa shape index (κ2) is 8.05. The summed E-state index contributed by atoms with van der Waals surface area (Å²) in [5, 5.41) is 0. The van der Waals surface area contributed by atoms with E-state index >= 15 is 0 Å². The van der Waals surface area contributed by atoms with Crippen molar-refractivity contribution >= 4 is 5.91 Å². The van der Waals surface area contributed by atoms with Crippen LogP contribution < -0.4 is 16.0 Å². The van der Waals surface area contributed by atoms with E-state index in [9.17, 15) is 22.8 Å². The molecule has 0 saturated carbocycles. The SMILES string of the molecule is NC(=O)c1cc(-c2ccc(OCC3CCCCO3)cc2)c(C(F)(F)F)[nH]c1=O. The molecule has 3 N–H and O–H groups in total. The highest BCUT2D eigenvalue weighted by atomic mass is 19.4. The van der Waals surface area contributed by atoms with Crippen LogP contribution in [0.25, 0.3) is 11.1 Å². The molecule has 1 saturated heterocycles. The topological polar surface area (TPSA) is 94.4 Å². The number of pyridine rings is 1. The van der Waals surface area contributed by atoms with Gasteiger partial charge in [-0.15, -0.1) is 0 Å². The number of carbonyl (C=O) groups is 1. The number of primary amides is 1. The maximum absolute atomic E-state index is 13.3. The Morgan fingerprint density at radius 3 is 2.54 bits per heavy atom. The van der Waals surface area contributed by atoms with E-state index in [1.165, 1.54) is 24.3 Å². The van der Waals surface area contributed by atoms with Crippen LogP contribution in [-0.2, 0) is 10.9 Å². The highest BCUT2D eigenvalue weighted by Crippen LogP contribution is 2.35. The van der Waals surface area contributed by atoms with Crippen molar-refractivity contribution in [2.24, 2.45) is 5.73 Å². The van der Waals surface area contributed by atoms with Crippen LogP contribution in [0.15, 0.2) is 35.1 Å². The van der Waals surface area contributed by atoms with Crippen LogP contribution in [0.4, 0.5) is 13.2 Å². The Bertz CT molecular complexity index is 901. The van der Waals surface area contributed by atoms with Gasteiger partial charge >= 0.3 is 6.18 Å². The van der Waals surface area contributed by atoms with Gasteiger partial charge in [-0.2, -0.15) is 13.2 Å². The van der Waals surface area contributed by atoms with Crippen LogP contribution in [-0.4, -0.2) is 30.2 Å². The molecule has 0 aliphatic carbocycles. The molecule has 1 atom stereocenters. The first-order valence-electron chi connectivity index (χ1n) is 8.75. The number of nitrogens with two attached hydrogens (primary N) is 1. The Morgan fingerprint density at radius 1 is 1.25 bits per heavy atom. The van der Waals surface area contributed by atoms with Crippen LogP contribution in [0.1, 0.15) is 35.3 Å². The third-order valence-corrected chi connectivity index (χ3v) is 4.47. The van der Waals surface area contributed by atoms with E-state index < -0.39 is 28.9 Å². The number of H-pyrrole nitrogens is 1. The molecule has 0 spiro atoms. The highest BCUT2D eigenvalue weighted by Gasteiger charge is 2.36. The third kappa shape index (κ3) is 4.53. The summed E-state index contributed by atoms with van der Waals surface area (Å²) < 4.78 is 51.2. The number of nitrogens with one attached hydrogen (secondary N) is 1. The summed E-state index contributed by atoms with van der Waals surface area (Å²) in [6.45, 7) is 1.05. The number of aromatic nitrogens is 1. The lowest BCUT2D eigenvalue weighted by Gasteiger charge is -2.22. The second-order valence-electron chi connectivity index (χ2n) is 6.49. The van der Waals surface area contributed by atoms with Gasteiger partial charge in [0.2, 0.25) is 0 Å². The van der Waals surface area contributed by atoms with Gasteiger partial charge in [0.05, 0.1) is 6.10 Å². The maximum Gasteiger partial charge on any atom is 0.431 e. The van der Waals surface area contributed by atoms with E-state index in [-0.39, 0.29) is 17.2 Å². The van der Waals surface area contributed by atoms with E-state index in [2.05, 4.69) is 0 Å². The summed E-state index contributed by atoms with van der Waals surface area (Å²) in [6.07, 6.45) is -1.80. The average Bonchev–Trinajstić information content (AvgIpc) is 2.66. The Labute approximate surface area is 158 Å². The number of rotatable bonds is 5. The van der Waals surface area contributed by atoms with Gasteiger partial charge in [0.25, 0.3) is 11.5 Å². The van der Waals surface area contributed by atoms with Gasteiger partial charge in [0.1, 0.15) is 23.6 Å². The number of carbonyl (C=O) groups excluding carboxylic acids is 1. The number of amides is 1. The molecule has 0 bridgehead atoms. The molecular formula is C19H19F3N2O4. The summed E-state index contributed by atoms with van der Waals surface area (Å²) in [7, 11) is 0. The molecule has 150 valence electrons. The van der Waals surface area contributed by atoms with Crippen molar-refractivity contribution in [3.05, 3.63) is 51.9 Å². The van der Waals surface area contributed by atoms with Gasteiger partial charge in [-0.25, -0.2) is 0 Å². The Balaban J connectivity index is 1.86. The lowest BCUT2D eigenvalue weighted by atomic mass is 10.0. The van der Waals surface area contributed by atoms with Gasteiger partial charge < -0.3 is 20.2 Å². The molecule has 1 aliphatic heterocycles.